The van der Waals surface area contributed by atoms with Crippen molar-refractivity contribution >= 4 is 5.91 Å². The van der Waals surface area contributed by atoms with E-state index in [1.54, 1.807) is 18.3 Å². The van der Waals surface area contributed by atoms with Crippen LogP contribution in [0.2, 0.25) is 0 Å². The first-order chi connectivity index (χ1) is 11.0. The zero-order valence-corrected chi connectivity index (χ0v) is 14.0. The summed E-state index contributed by atoms with van der Waals surface area (Å²) in [6.45, 7) is 6.04. The zero-order valence-electron chi connectivity index (χ0n) is 14.0. The normalized spacial score (nSPS) is 12.0. The highest BCUT2D eigenvalue weighted by Crippen LogP contribution is 2.15. The van der Waals surface area contributed by atoms with Gasteiger partial charge in [-0.05, 0) is 63.4 Å². The highest BCUT2D eigenvalue weighted by atomic mass is 16.5. The van der Waals surface area contributed by atoms with Gasteiger partial charge in [0.1, 0.15) is 11.4 Å². The number of rotatable bonds is 7. The number of benzene rings is 1. The summed E-state index contributed by atoms with van der Waals surface area (Å²) in [6.07, 6.45) is 3.59. The van der Waals surface area contributed by atoms with Crippen molar-refractivity contribution in [3.05, 3.63) is 59.9 Å². The van der Waals surface area contributed by atoms with Crippen molar-refractivity contribution in [2.45, 2.75) is 45.8 Å². The molecule has 1 atom stereocenters. The summed E-state index contributed by atoms with van der Waals surface area (Å²) in [7, 11) is 0. The fourth-order valence-electron chi connectivity index (χ4n) is 2.26. The molecule has 1 heterocycles. The van der Waals surface area contributed by atoms with Crippen LogP contribution in [-0.2, 0) is 6.42 Å². The number of carbonyl (C=O) groups is 1. The molecule has 1 amide bonds. The van der Waals surface area contributed by atoms with Gasteiger partial charge in [0.2, 0.25) is 0 Å². The van der Waals surface area contributed by atoms with Crippen molar-refractivity contribution in [1.29, 1.82) is 0 Å². The van der Waals surface area contributed by atoms with E-state index in [9.17, 15) is 4.79 Å². The van der Waals surface area contributed by atoms with Gasteiger partial charge in [0.05, 0.1) is 6.10 Å². The minimum Gasteiger partial charge on any atom is -0.491 e. The van der Waals surface area contributed by atoms with Crippen LogP contribution in [0.4, 0.5) is 0 Å². The molecular weight excluding hydrogens is 288 g/mol. The fraction of sp³-hybridized carbons (Fsp3) is 0.368. The second-order valence-corrected chi connectivity index (χ2v) is 5.94. The van der Waals surface area contributed by atoms with Gasteiger partial charge >= 0.3 is 0 Å². The van der Waals surface area contributed by atoms with Crippen LogP contribution in [0.3, 0.4) is 0 Å². The lowest BCUT2D eigenvalue weighted by atomic mass is 10.1. The molecule has 1 aromatic heterocycles. The van der Waals surface area contributed by atoms with E-state index in [-0.39, 0.29) is 18.1 Å². The van der Waals surface area contributed by atoms with E-state index in [1.807, 2.05) is 39.0 Å². The third-order valence-electron chi connectivity index (χ3n) is 3.44. The molecule has 2 rings (SSSR count). The van der Waals surface area contributed by atoms with Gasteiger partial charge in [-0.15, -0.1) is 0 Å². The highest BCUT2D eigenvalue weighted by Gasteiger charge is 2.10. The number of nitrogens with one attached hydrogen (secondary N) is 1. The predicted octanol–water partition coefficient (Wildman–Crippen LogP) is 3.62. The van der Waals surface area contributed by atoms with E-state index in [0.29, 0.717) is 5.69 Å². The summed E-state index contributed by atoms with van der Waals surface area (Å²) in [5.41, 5.74) is 1.69. The lowest BCUT2D eigenvalue weighted by Crippen LogP contribution is -2.33. The van der Waals surface area contributed by atoms with E-state index < -0.39 is 0 Å². The maximum Gasteiger partial charge on any atom is 0.270 e. The molecule has 2 aromatic rings. The first kappa shape index (κ1) is 17.0. The van der Waals surface area contributed by atoms with Crippen molar-refractivity contribution in [3.8, 4) is 5.75 Å². The summed E-state index contributed by atoms with van der Waals surface area (Å²) >= 11 is 0. The van der Waals surface area contributed by atoms with Crippen LogP contribution in [0.1, 0.15) is 43.2 Å². The summed E-state index contributed by atoms with van der Waals surface area (Å²) in [5, 5.41) is 2.98. The van der Waals surface area contributed by atoms with Crippen LogP contribution in [-0.4, -0.2) is 23.0 Å². The number of aromatic nitrogens is 1. The van der Waals surface area contributed by atoms with Gasteiger partial charge in [0.25, 0.3) is 5.91 Å². The second-order valence-electron chi connectivity index (χ2n) is 5.94. The number of carbonyl (C=O) groups excluding carboxylic acids is 1. The Morgan fingerprint density at radius 3 is 2.48 bits per heavy atom. The van der Waals surface area contributed by atoms with Crippen LogP contribution in [0.5, 0.6) is 5.75 Å². The molecule has 23 heavy (non-hydrogen) atoms. The Morgan fingerprint density at radius 2 is 1.87 bits per heavy atom. The SMILES string of the molecule is CC(C)Oc1ccc(CC[C@H](C)NC(=O)c2ccccn2)cc1. The molecule has 0 aliphatic carbocycles. The number of hydrogen-bond acceptors (Lipinski definition) is 3. The number of ether oxygens (including phenoxy) is 1. The molecule has 0 unspecified atom stereocenters. The molecular formula is C19H24N2O2. The lowest BCUT2D eigenvalue weighted by molar-refractivity contribution is 0.0933. The standard InChI is InChI=1S/C19H24N2O2/c1-14(2)23-17-11-9-16(10-12-17)8-7-15(3)21-19(22)18-6-4-5-13-20-18/h4-6,9-15H,7-8H2,1-3H3,(H,21,22)/t15-/m0/s1. The summed E-state index contributed by atoms with van der Waals surface area (Å²) < 4.78 is 5.63. The number of nitrogens with zero attached hydrogens (tertiary/aromatic N) is 1. The molecule has 0 bridgehead atoms. The molecule has 0 fully saturated rings. The van der Waals surface area contributed by atoms with Gasteiger partial charge in [-0.1, -0.05) is 18.2 Å². The molecule has 0 saturated heterocycles. The molecule has 4 nitrogen and oxygen atoms in total. The van der Waals surface area contributed by atoms with Crippen LogP contribution < -0.4 is 10.1 Å². The average molecular weight is 312 g/mol. The molecule has 0 spiro atoms. The van der Waals surface area contributed by atoms with Gasteiger partial charge < -0.3 is 10.1 Å². The van der Waals surface area contributed by atoms with Crippen LogP contribution in [0.15, 0.2) is 48.7 Å². The number of pyridine rings is 1. The Balaban J connectivity index is 1.80. The minimum absolute atomic E-state index is 0.0936. The molecule has 4 heteroatoms. The fourth-order valence-corrected chi connectivity index (χ4v) is 2.26. The smallest absolute Gasteiger partial charge is 0.270 e. The van der Waals surface area contributed by atoms with Crippen LogP contribution in [0, 0.1) is 0 Å². The van der Waals surface area contributed by atoms with Crippen molar-refractivity contribution in [3.63, 3.8) is 0 Å². The van der Waals surface area contributed by atoms with E-state index in [1.165, 1.54) is 5.56 Å². The number of amides is 1. The second kappa shape index (κ2) is 8.32. The Labute approximate surface area is 137 Å². The van der Waals surface area contributed by atoms with Gasteiger partial charge in [-0.2, -0.15) is 0 Å². The van der Waals surface area contributed by atoms with Crippen LogP contribution in [0.25, 0.3) is 0 Å². The van der Waals surface area contributed by atoms with Crippen molar-refractivity contribution in [2.75, 3.05) is 0 Å². The highest BCUT2D eigenvalue weighted by molar-refractivity contribution is 5.92. The average Bonchev–Trinajstić information content (AvgIpc) is 2.54. The maximum atomic E-state index is 12.0. The topological polar surface area (TPSA) is 51.2 Å². The Morgan fingerprint density at radius 1 is 1.13 bits per heavy atom. The van der Waals surface area contributed by atoms with Gasteiger partial charge in [-0.25, -0.2) is 0 Å². The van der Waals surface area contributed by atoms with Crippen molar-refractivity contribution in [2.24, 2.45) is 0 Å². The third-order valence-corrected chi connectivity index (χ3v) is 3.44. The molecule has 1 aromatic carbocycles. The van der Waals surface area contributed by atoms with E-state index in [2.05, 4.69) is 22.4 Å². The maximum absolute atomic E-state index is 12.0. The summed E-state index contributed by atoms with van der Waals surface area (Å²) in [5.74, 6) is 0.763. The molecule has 1 N–H and O–H groups in total. The van der Waals surface area contributed by atoms with Crippen molar-refractivity contribution in [1.82, 2.24) is 10.3 Å². The Bertz CT molecular complexity index is 609. The first-order valence-electron chi connectivity index (χ1n) is 8.02. The van der Waals surface area contributed by atoms with E-state index in [4.69, 9.17) is 4.74 Å². The summed E-state index contributed by atoms with van der Waals surface area (Å²) in [4.78, 5) is 16.1. The number of aryl methyl sites for hydroxylation is 1. The van der Waals surface area contributed by atoms with Gasteiger partial charge in [-0.3, -0.25) is 9.78 Å². The minimum atomic E-state index is -0.126. The van der Waals surface area contributed by atoms with Gasteiger partial charge in [0, 0.05) is 12.2 Å². The predicted molar refractivity (Wildman–Crippen MR) is 91.7 cm³/mol. The van der Waals surface area contributed by atoms with Gasteiger partial charge in [0.15, 0.2) is 0 Å². The molecule has 0 aliphatic heterocycles. The zero-order chi connectivity index (χ0) is 16.7. The van der Waals surface area contributed by atoms with E-state index in [0.717, 1.165) is 18.6 Å². The lowest BCUT2D eigenvalue weighted by Gasteiger charge is -2.14. The summed E-state index contributed by atoms with van der Waals surface area (Å²) in [6, 6.07) is 13.6. The molecule has 0 aliphatic rings. The molecule has 0 radical (unpaired) electrons. The number of hydrogen-bond donors (Lipinski definition) is 1. The Kier molecular flexibility index (Phi) is 6.15. The molecule has 0 saturated carbocycles. The third kappa shape index (κ3) is 5.74. The Hall–Kier alpha value is -2.36. The largest absolute Gasteiger partial charge is 0.491 e. The monoisotopic (exact) mass is 312 g/mol. The van der Waals surface area contributed by atoms with Crippen LogP contribution >= 0.6 is 0 Å². The van der Waals surface area contributed by atoms with E-state index >= 15 is 0 Å². The molecule has 122 valence electrons. The first-order valence-corrected chi connectivity index (χ1v) is 8.02. The quantitative estimate of drug-likeness (QED) is 0.849. The van der Waals surface area contributed by atoms with Crippen molar-refractivity contribution < 1.29 is 9.53 Å².